The fraction of sp³-hybridized carbons (Fsp3) is 0.909. The predicted octanol–water partition coefficient (Wildman–Crippen LogP) is 0.924. The molecule has 98 valence electrons. The van der Waals surface area contributed by atoms with Crippen LogP contribution in [0.5, 0.6) is 0 Å². The van der Waals surface area contributed by atoms with Crippen molar-refractivity contribution >= 4 is 27.2 Å². The van der Waals surface area contributed by atoms with E-state index in [1.165, 1.54) is 32.1 Å². The maximum Gasteiger partial charge on any atom is 0.169 e. The van der Waals surface area contributed by atoms with Crippen LogP contribution in [0.4, 0.5) is 0 Å². The third kappa shape index (κ3) is 3.81. The first-order chi connectivity index (χ1) is 8.07. The highest BCUT2D eigenvalue weighted by molar-refractivity contribution is 7.91. The van der Waals surface area contributed by atoms with E-state index in [1.54, 1.807) is 0 Å². The minimum Gasteiger partial charge on any atom is -0.360 e. The van der Waals surface area contributed by atoms with Crippen LogP contribution in [0.15, 0.2) is 0 Å². The second-order valence-corrected chi connectivity index (χ2v) is 7.61. The Morgan fingerprint density at radius 2 is 1.71 bits per heavy atom. The molecule has 0 aromatic rings. The average molecular weight is 276 g/mol. The summed E-state index contributed by atoms with van der Waals surface area (Å²) in [5, 5.41) is 4.12. The van der Waals surface area contributed by atoms with Gasteiger partial charge in [0.1, 0.15) is 0 Å². The Balaban J connectivity index is 1.80. The molecule has 1 N–H and O–H groups in total. The topological polar surface area (TPSA) is 49.4 Å². The van der Waals surface area contributed by atoms with E-state index in [9.17, 15) is 8.42 Å². The van der Waals surface area contributed by atoms with Gasteiger partial charge in [0.2, 0.25) is 0 Å². The van der Waals surface area contributed by atoms with Gasteiger partial charge in [0.05, 0.1) is 11.5 Å². The number of hydrogen-bond donors (Lipinski definition) is 1. The smallest absolute Gasteiger partial charge is 0.169 e. The van der Waals surface area contributed by atoms with Crippen LogP contribution in [0.2, 0.25) is 0 Å². The predicted molar refractivity (Wildman–Crippen MR) is 72.8 cm³/mol. The Bertz CT molecular complexity index is 361. The van der Waals surface area contributed by atoms with Gasteiger partial charge in [-0.1, -0.05) is 19.3 Å². The maximum absolute atomic E-state index is 11.3. The van der Waals surface area contributed by atoms with Crippen molar-refractivity contribution in [2.75, 3.05) is 24.6 Å². The van der Waals surface area contributed by atoms with E-state index >= 15 is 0 Å². The van der Waals surface area contributed by atoms with Gasteiger partial charge < -0.3 is 10.2 Å². The van der Waals surface area contributed by atoms with E-state index in [1.807, 2.05) is 4.90 Å². The van der Waals surface area contributed by atoms with Crippen molar-refractivity contribution in [1.29, 1.82) is 0 Å². The molecule has 1 aliphatic heterocycles. The fourth-order valence-corrected chi connectivity index (χ4v) is 3.98. The Morgan fingerprint density at radius 3 is 2.29 bits per heavy atom. The van der Waals surface area contributed by atoms with Crippen molar-refractivity contribution in [3.63, 3.8) is 0 Å². The third-order valence-electron chi connectivity index (χ3n) is 3.56. The highest BCUT2D eigenvalue weighted by Gasteiger charge is 2.24. The van der Waals surface area contributed by atoms with Gasteiger partial charge in [-0.15, -0.1) is 0 Å². The molecule has 0 atom stereocenters. The van der Waals surface area contributed by atoms with Crippen molar-refractivity contribution < 1.29 is 8.42 Å². The standard InChI is InChI=1S/C11H20N2O2S2/c14-17(15)8-6-13(7-9-17)11(16)12-10-4-2-1-3-5-10/h10H,1-9H2,(H,12,16). The van der Waals surface area contributed by atoms with Crippen molar-refractivity contribution in [1.82, 2.24) is 10.2 Å². The van der Waals surface area contributed by atoms with Gasteiger partial charge >= 0.3 is 0 Å². The first-order valence-electron chi connectivity index (χ1n) is 6.33. The minimum atomic E-state index is -2.81. The van der Waals surface area contributed by atoms with E-state index in [4.69, 9.17) is 12.2 Å². The van der Waals surface area contributed by atoms with E-state index in [2.05, 4.69) is 5.32 Å². The zero-order valence-corrected chi connectivity index (χ0v) is 11.7. The highest BCUT2D eigenvalue weighted by Crippen LogP contribution is 2.17. The first-order valence-corrected chi connectivity index (χ1v) is 8.56. The molecule has 6 heteroatoms. The fourth-order valence-electron chi connectivity index (χ4n) is 2.43. The summed E-state index contributed by atoms with van der Waals surface area (Å²) in [7, 11) is -2.81. The molecule has 1 aliphatic carbocycles. The summed E-state index contributed by atoms with van der Waals surface area (Å²) in [6, 6.07) is 0.495. The molecular formula is C11H20N2O2S2. The molecule has 2 rings (SSSR count). The third-order valence-corrected chi connectivity index (χ3v) is 5.55. The molecule has 1 heterocycles. The molecule has 0 aromatic heterocycles. The largest absolute Gasteiger partial charge is 0.360 e. The molecule has 0 amide bonds. The number of rotatable bonds is 1. The Kier molecular flexibility index (Phi) is 4.25. The summed E-state index contributed by atoms with van der Waals surface area (Å²) in [6.07, 6.45) is 6.24. The summed E-state index contributed by atoms with van der Waals surface area (Å²) in [5.74, 6) is 0.471. The van der Waals surface area contributed by atoms with Crippen molar-refractivity contribution in [2.24, 2.45) is 0 Å². The summed E-state index contributed by atoms with van der Waals surface area (Å²) >= 11 is 5.35. The lowest BCUT2D eigenvalue weighted by Crippen LogP contribution is -2.50. The van der Waals surface area contributed by atoms with Gasteiger partial charge in [-0.2, -0.15) is 0 Å². The molecule has 2 fully saturated rings. The molecule has 0 aromatic carbocycles. The van der Waals surface area contributed by atoms with Gasteiger partial charge in [0.25, 0.3) is 0 Å². The molecule has 4 nitrogen and oxygen atoms in total. The van der Waals surface area contributed by atoms with Crippen molar-refractivity contribution in [3.8, 4) is 0 Å². The molecule has 1 saturated heterocycles. The van der Waals surface area contributed by atoms with Gasteiger partial charge in [-0.3, -0.25) is 0 Å². The maximum atomic E-state index is 11.3. The molecule has 0 unspecified atom stereocenters. The van der Waals surface area contributed by atoms with E-state index < -0.39 is 9.84 Å². The van der Waals surface area contributed by atoms with Crippen LogP contribution in [-0.2, 0) is 9.84 Å². The molecular weight excluding hydrogens is 256 g/mol. The number of nitrogens with one attached hydrogen (secondary N) is 1. The molecule has 0 radical (unpaired) electrons. The van der Waals surface area contributed by atoms with Crippen molar-refractivity contribution in [2.45, 2.75) is 38.1 Å². The second-order valence-electron chi connectivity index (χ2n) is 4.92. The summed E-state index contributed by atoms with van der Waals surface area (Å²) in [4.78, 5) is 1.99. The summed E-state index contributed by atoms with van der Waals surface area (Å²) in [6.45, 7) is 1.09. The molecule has 2 aliphatic rings. The highest BCUT2D eigenvalue weighted by atomic mass is 32.2. The van der Waals surface area contributed by atoms with E-state index in [-0.39, 0.29) is 11.5 Å². The normalized spacial score (nSPS) is 25.5. The Morgan fingerprint density at radius 1 is 1.12 bits per heavy atom. The molecule has 17 heavy (non-hydrogen) atoms. The van der Waals surface area contributed by atoms with E-state index in [0.29, 0.717) is 19.1 Å². The Labute approximate surface area is 109 Å². The van der Waals surface area contributed by atoms with Crippen LogP contribution in [0.1, 0.15) is 32.1 Å². The molecule has 0 spiro atoms. The minimum absolute atomic E-state index is 0.236. The summed E-state index contributed by atoms with van der Waals surface area (Å²) in [5.41, 5.74) is 0. The lowest BCUT2D eigenvalue weighted by atomic mass is 9.96. The van der Waals surface area contributed by atoms with Crippen LogP contribution in [-0.4, -0.2) is 49.1 Å². The average Bonchev–Trinajstić information content (AvgIpc) is 2.30. The number of nitrogens with zero attached hydrogens (tertiary/aromatic N) is 1. The lowest BCUT2D eigenvalue weighted by Gasteiger charge is -2.32. The number of thiocarbonyl (C=S) groups is 1. The van der Waals surface area contributed by atoms with Crippen LogP contribution in [0.25, 0.3) is 0 Å². The van der Waals surface area contributed by atoms with Crippen molar-refractivity contribution in [3.05, 3.63) is 0 Å². The second kappa shape index (κ2) is 5.52. The lowest BCUT2D eigenvalue weighted by molar-refractivity contribution is 0.381. The van der Waals surface area contributed by atoms with Crippen LogP contribution < -0.4 is 5.32 Å². The SMILES string of the molecule is O=S1(=O)CCN(C(=S)NC2CCCCC2)CC1. The Hall–Kier alpha value is -0.360. The van der Waals surface area contributed by atoms with E-state index in [0.717, 1.165) is 5.11 Å². The van der Waals surface area contributed by atoms with Gasteiger partial charge in [0.15, 0.2) is 14.9 Å². The monoisotopic (exact) mass is 276 g/mol. The summed E-state index contributed by atoms with van der Waals surface area (Å²) < 4.78 is 22.6. The van der Waals surface area contributed by atoms with Gasteiger partial charge in [0, 0.05) is 19.1 Å². The van der Waals surface area contributed by atoms with Gasteiger partial charge in [-0.05, 0) is 25.1 Å². The molecule has 1 saturated carbocycles. The molecule has 0 bridgehead atoms. The van der Waals surface area contributed by atoms with Crippen LogP contribution >= 0.6 is 12.2 Å². The quantitative estimate of drug-likeness (QED) is 0.722. The van der Waals surface area contributed by atoms with Crippen LogP contribution in [0.3, 0.4) is 0 Å². The number of hydrogen-bond acceptors (Lipinski definition) is 3. The number of sulfone groups is 1. The van der Waals surface area contributed by atoms with Crippen LogP contribution in [0, 0.1) is 0 Å². The zero-order valence-electron chi connectivity index (χ0n) is 10.0. The van der Waals surface area contributed by atoms with Gasteiger partial charge in [-0.25, -0.2) is 8.42 Å². The zero-order chi connectivity index (χ0) is 12.3. The first kappa shape index (κ1) is 13.1.